The van der Waals surface area contributed by atoms with Crippen LogP contribution in [0.15, 0.2) is 54.7 Å². The summed E-state index contributed by atoms with van der Waals surface area (Å²) in [6, 6.07) is 14.6. The van der Waals surface area contributed by atoms with Gasteiger partial charge in [0, 0.05) is 23.8 Å². The number of nitrogens with zero attached hydrogens (tertiary/aromatic N) is 2. The first-order valence-electron chi connectivity index (χ1n) is 8.25. The van der Waals surface area contributed by atoms with E-state index in [9.17, 15) is 4.39 Å². The van der Waals surface area contributed by atoms with E-state index >= 15 is 0 Å². The minimum absolute atomic E-state index is 0.119. The predicted octanol–water partition coefficient (Wildman–Crippen LogP) is 4.18. The number of rotatable bonds is 6. The van der Waals surface area contributed by atoms with Crippen LogP contribution in [0.4, 0.5) is 4.39 Å². The third-order valence-electron chi connectivity index (χ3n) is 4.31. The van der Waals surface area contributed by atoms with Crippen LogP contribution in [0.25, 0.3) is 5.69 Å². The van der Waals surface area contributed by atoms with Crippen LogP contribution in [0, 0.1) is 12.7 Å². The maximum absolute atomic E-state index is 13.5. The molecule has 4 nitrogen and oxygen atoms in total. The van der Waals surface area contributed by atoms with Gasteiger partial charge in [0.25, 0.3) is 0 Å². The molecular formula is C20H22FN3O. The number of aromatic nitrogens is 2. The van der Waals surface area contributed by atoms with Crippen molar-refractivity contribution in [1.29, 1.82) is 0 Å². The van der Waals surface area contributed by atoms with Crippen LogP contribution in [0.2, 0.25) is 0 Å². The third-order valence-corrected chi connectivity index (χ3v) is 4.31. The molecule has 3 aromatic rings. The van der Waals surface area contributed by atoms with E-state index in [4.69, 9.17) is 4.74 Å². The van der Waals surface area contributed by atoms with Gasteiger partial charge in [-0.25, -0.2) is 9.07 Å². The standard InChI is InChI=1S/C20H22FN3O/c1-14(22-12-16-6-4-9-19(10-16)25-3)20-13-23-24(15(20)2)18-8-5-7-17(21)11-18/h4-11,13-14,22H,12H2,1-3H3/t14-/m0/s1. The fourth-order valence-electron chi connectivity index (χ4n) is 2.88. The molecule has 0 unspecified atom stereocenters. The zero-order valence-corrected chi connectivity index (χ0v) is 14.7. The van der Waals surface area contributed by atoms with Gasteiger partial charge in [0.2, 0.25) is 0 Å². The van der Waals surface area contributed by atoms with Crippen LogP contribution in [0.5, 0.6) is 5.75 Å². The highest BCUT2D eigenvalue weighted by atomic mass is 19.1. The van der Waals surface area contributed by atoms with Gasteiger partial charge in [-0.1, -0.05) is 18.2 Å². The van der Waals surface area contributed by atoms with Gasteiger partial charge in [-0.15, -0.1) is 0 Å². The number of nitrogens with one attached hydrogen (secondary N) is 1. The molecule has 1 heterocycles. The number of hydrogen-bond acceptors (Lipinski definition) is 3. The van der Waals surface area contributed by atoms with Crippen molar-refractivity contribution in [1.82, 2.24) is 15.1 Å². The van der Waals surface area contributed by atoms with Crippen molar-refractivity contribution >= 4 is 0 Å². The molecule has 0 aliphatic rings. The zero-order valence-electron chi connectivity index (χ0n) is 14.7. The Bertz CT molecular complexity index is 860. The molecule has 1 atom stereocenters. The third kappa shape index (κ3) is 3.88. The minimum atomic E-state index is -0.266. The maximum Gasteiger partial charge on any atom is 0.125 e. The summed E-state index contributed by atoms with van der Waals surface area (Å²) in [5, 5.41) is 7.92. The van der Waals surface area contributed by atoms with Crippen molar-refractivity contribution in [2.45, 2.75) is 26.4 Å². The molecule has 0 bridgehead atoms. The van der Waals surface area contributed by atoms with E-state index < -0.39 is 0 Å². The van der Waals surface area contributed by atoms with E-state index in [1.807, 2.05) is 37.4 Å². The Hall–Kier alpha value is -2.66. The SMILES string of the molecule is COc1cccc(CN[C@@H](C)c2cnn(-c3cccc(F)c3)c2C)c1. The number of ether oxygens (including phenoxy) is 1. The predicted molar refractivity (Wildman–Crippen MR) is 96.5 cm³/mol. The molecule has 5 heteroatoms. The average Bonchev–Trinajstić information content (AvgIpc) is 3.01. The molecule has 0 spiro atoms. The Kier molecular flexibility index (Phi) is 5.14. The fourth-order valence-corrected chi connectivity index (χ4v) is 2.88. The number of benzene rings is 2. The first-order valence-corrected chi connectivity index (χ1v) is 8.25. The smallest absolute Gasteiger partial charge is 0.125 e. The lowest BCUT2D eigenvalue weighted by atomic mass is 10.1. The highest BCUT2D eigenvalue weighted by molar-refractivity contribution is 5.36. The summed E-state index contributed by atoms with van der Waals surface area (Å²) in [7, 11) is 1.67. The first-order chi connectivity index (χ1) is 12.1. The van der Waals surface area contributed by atoms with E-state index in [2.05, 4.69) is 23.4 Å². The van der Waals surface area contributed by atoms with E-state index in [0.29, 0.717) is 0 Å². The molecule has 0 aliphatic heterocycles. The Morgan fingerprint density at radius 2 is 2.00 bits per heavy atom. The van der Waals surface area contributed by atoms with Crippen LogP contribution < -0.4 is 10.1 Å². The molecule has 0 saturated carbocycles. The zero-order chi connectivity index (χ0) is 17.8. The van der Waals surface area contributed by atoms with Gasteiger partial charge in [-0.3, -0.25) is 0 Å². The van der Waals surface area contributed by atoms with Gasteiger partial charge in [0.05, 0.1) is 19.0 Å². The topological polar surface area (TPSA) is 39.1 Å². The Morgan fingerprint density at radius 1 is 1.20 bits per heavy atom. The van der Waals surface area contributed by atoms with Crippen molar-refractivity contribution in [2.24, 2.45) is 0 Å². The van der Waals surface area contributed by atoms with Gasteiger partial charge in [-0.05, 0) is 49.7 Å². The van der Waals surface area contributed by atoms with Crippen molar-refractivity contribution in [3.63, 3.8) is 0 Å². The van der Waals surface area contributed by atoms with Crippen LogP contribution in [0.3, 0.4) is 0 Å². The average molecular weight is 339 g/mol. The molecule has 3 rings (SSSR count). The maximum atomic E-state index is 13.5. The van der Waals surface area contributed by atoms with Crippen molar-refractivity contribution in [2.75, 3.05) is 7.11 Å². The summed E-state index contributed by atoms with van der Waals surface area (Å²) >= 11 is 0. The quantitative estimate of drug-likeness (QED) is 0.732. The Morgan fingerprint density at radius 3 is 2.76 bits per heavy atom. The molecule has 130 valence electrons. The summed E-state index contributed by atoms with van der Waals surface area (Å²) in [6.07, 6.45) is 1.84. The largest absolute Gasteiger partial charge is 0.497 e. The number of hydrogen-bond donors (Lipinski definition) is 1. The van der Waals surface area contributed by atoms with Crippen LogP contribution in [-0.2, 0) is 6.54 Å². The fraction of sp³-hybridized carbons (Fsp3) is 0.250. The summed E-state index contributed by atoms with van der Waals surface area (Å²) in [5.74, 6) is 0.584. The number of halogens is 1. The second kappa shape index (κ2) is 7.49. The van der Waals surface area contributed by atoms with Gasteiger partial charge in [0.1, 0.15) is 11.6 Å². The second-order valence-electron chi connectivity index (χ2n) is 6.03. The lowest BCUT2D eigenvalue weighted by Crippen LogP contribution is -2.18. The lowest BCUT2D eigenvalue weighted by molar-refractivity contribution is 0.414. The Balaban J connectivity index is 1.73. The number of methoxy groups -OCH3 is 1. The van der Waals surface area contributed by atoms with E-state index in [1.54, 1.807) is 17.9 Å². The van der Waals surface area contributed by atoms with E-state index in [0.717, 1.165) is 34.8 Å². The van der Waals surface area contributed by atoms with Gasteiger partial charge >= 0.3 is 0 Å². The van der Waals surface area contributed by atoms with Crippen molar-refractivity contribution in [3.05, 3.63) is 77.4 Å². The molecule has 0 amide bonds. The molecular weight excluding hydrogens is 317 g/mol. The molecule has 0 radical (unpaired) electrons. The summed E-state index contributed by atoms with van der Waals surface area (Å²) < 4.78 is 20.5. The molecule has 0 aliphatic carbocycles. The molecule has 25 heavy (non-hydrogen) atoms. The van der Waals surface area contributed by atoms with Crippen LogP contribution in [0.1, 0.15) is 29.8 Å². The molecule has 1 N–H and O–H groups in total. The monoisotopic (exact) mass is 339 g/mol. The van der Waals surface area contributed by atoms with Crippen molar-refractivity contribution < 1.29 is 9.13 Å². The second-order valence-corrected chi connectivity index (χ2v) is 6.03. The molecule has 0 fully saturated rings. The van der Waals surface area contributed by atoms with E-state index in [1.165, 1.54) is 12.1 Å². The van der Waals surface area contributed by atoms with Gasteiger partial charge in [-0.2, -0.15) is 5.10 Å². The molecule has 1 aromatic heterocycles. The summed E-state index contributed by atoms with van der Waals surface area (Å²) in [6.45, 7) is 4.82. The Labute approximate surface area is 147 Å². The van der Waals surface area contributed by atoms with E-state index in [-0.39, 0.29) is 11.9 Å². The highest BCUT2D eigenvalue weighted by Gasteiger charge is 2.14. The van der Waals surface area contributed by atoms with Crippen LogP contribution >= 0.6 is 0 Å². The van der Waals surface area contributed by atoms with Crippen LogP contribution in [-0.4, -0.2) is 16.9 Å². The summed E-state index contributed by atoms with van der Waals surface area (Å²) in [4.78, 5) is 0. The minimum Gasteiger partial charge on any atom is -0.497 e. The summed E-state index contributed by atoms with van der Waals surface area (Å²) in [5.41, 5.74) is 3.97. The molecule has 0 saturated heterocycles. The van der Waals surface area contributed by atoms with Crippen molar-refractivity contribution in [3.8, 4) is 11.4 Å². The van der Waals surface area contributed by atoms with Gasteiger partial charge in [0.15, 0.2) is 0 Å². The first kappa shape index (κ1) is 17.2. The normalized spacial score (nSPS) is 12.2. The lowest BCUT2D eigenvalue weighted by Gasteiger charge is -2.14. The highest BCUT2D eigenvalue weighted by Crippen LogP contribution is 2.21. The molecule has 2 aromatic carbocycles. The van der Waals surface area contributed by atoms with Gasteiger partial charge < -0.3 is 10.1 Å².